The van der Waals surface area contributed by atoms with Crippen LogP contribution in [0.2, 0.25) is 5.02 Å². The Morgan fingerprint density at radius 3 is 2.85 bits per heavy atom. The van der Waals surface area contributed by atoms with Gasteiger partial charge in [0.25, 0.3) is 0 Å². The molecule has 0 aliphatic rings. The zero-order valence-electron chi connectivity index (χ0n) is 9.80. The van der Waals surface area contributed by atoms with Crippen LogP contribution in [-0.4, -0.2) is 16.1 Å². The van der Waals surface area contributed by atoms with Crippen molar-refractivity contribution in [3.8, 4) is 6.07 Å². The molecule has 4 nitrogen and oxygen atoms in total. The van der Waals surface area contributed by atoms with Gasteiger partial charge in [0, 0.05) is 15.6 Å². The van der Waals surface area contributed by atoms with E-state index in [2.05, 4.69) is 20.9 Å². The average Bonchev–Trinajstić information content (AvgIpc) is 2.41. The molecule has 0 saturated heterocycles. The zero-order valence-corrected chi connectivity index (χ0v) is 13.0. The number of nitriles is 1. The molecule has 20 heavy (non-hydrogen) atoms. The largest absolute Gasteiger partial charge is 0.478 e. The van der Waals surface area contributed by atoms with E-state index in [0.717, 1.165) is 16.2 Å². The molecule has 2 aromatic rings. The van der Waals surface area contributed by atoms with E-state index in [1.807, 2.05) is 6.07 Å². The standard InChI is InChI=1S/C13H6BrClN2O2S/c14-8-1-2-9(13(18)19)10(5-8)20-12-11(15)7(6-16)3-4-17-12/h1-5H,(H,18,19). The Kier molecular flexibility index (Phi) is 4.65. The van der Waals surface area contributed by atoms with E-state index in [1.54, 1.807) is 12.1 Å². The van der Waals surface area contributed by atoms with Gasteiger partial charge in [-0.3, -0.25) is 0 Å². The Labute approximate surface area is 132 Å². The van der Waals surface area contributed by atoms with Gasteiger partial charge in [0.05, 0.1) is 16.1 Å². The molecule has 7 heteroatoms. The summed E-state index contributed by atoms with van der Waals surface area (Å²) < 4.78 is 0.748. The van der Waals surface area contributed by atoms with Crippen LogP contribution >= 0.6 is 39.3 Å². The van der Waals surface area contributed by atoms with Crippen LogP contribution in [0.25, 0.3) is 0 Å². The highest BCUT2D eigenvalue weighted by molar-refractivity contribution is 9.10. The fraction of sp³-hybridized carbons (Fsp3) is 0. The molecule has 0 aliphatic heterocycles. The van der Waals surface area contributed by atoms with Crippen LogP contribution in [0.4, 0.5) is 0 Å². The third-order valence-electron chi connectivity index (χ3n) is 2.36. The molecule has 1 aromatic carbocycles. The third kappa shape index (κ3) is 3.12. The summed E-state index contributed by atoms with van der Waals surface area (Å²) in [6.45, 7) is 0. The first-order valence-corrected chi connectivity index (χ1v) is 7.27. The maximum Gasteiger partial charge on any atom is 0.336 e. The summed E-state index contributed by atoms with van der Waals surface area (Å²) in [4.78, 5) is 15.8. The number of pyridine rings is 1. The lowest BCUT2D eigenvalue weighted by atomic mass is 10.2. The first-order valence-electron chi connectivity index (χ1n) is 5.28. The van der Waals surface area contributed by atoms with E-state index in [0.29, 0.717) is 15.5 Å². The van der Waals surface area contributed by atoms with Crippen LogP contribution < -0.4 is 0 Å². The Morgan fingerprint density at radius 1 is 1.45 bits per heavy atom. The van der Waals surface area contributed by atoms with Gasteiger partial charge >= 0.3 is 5.97 Å². The molecular weight excluding hydrogens is 364 g/mol. The van der Waals surface area contributed by atoms with E-state index in [1.165, 1.54) is 18.3 Å². The van der Waals surface area contributed by atoms with Crippen molar-refractivity contribution in [2.45, 2.75) is 9.92 Å². The van der Waals surface area contributed by atoms with Crippen molar-refractivity contribution in [2.24, 2.45) is 0 Å². The van der Waals surface area contributed by atoms with Gasteiger partial charge in [-0.15, -0.1) is 0 Å². The monoisotopic (exact) mass is 368 g/mol. The normalized spacial score (nSPS) is 10.1. The minimum Gasteiger partial charge on any atom is -0.478 e. The number of hydrogen-bond acceptors (Lipinski definition) is 4. The van der Waals surface area contributed by atoms with Gasteiger partial charge in [-0.05, 0) is 24.3 Å². The SMILES string of the molecule is N#Cc1ccnc(Sc2cc(Br)ccc2C(=O)O)c1Cl. The summed E-state index contributed by atoms with van der Waals surface area (Å²) in [5.41, 5.74) is 0.453. The second kappa shape index (κ2) is 6.27. The number of benzene rings is 1. The molecule has 0 atom stereocenters. The highest BCUT2D eigenvalue weighted by atomic mass is 79.9. The number of aromatic carboxylic acids is 1. The number of hydrogen-bond donors (Lipinski definition) is 1. The van der Waals surface area contributed by atoms with Gasteiger partial charge < -0.3 is 5.11 Å². The summed E-state index contributed by atoms with van der Waals surface area (Å²) in [6, 6.07) is 8.28. The number of carbonyl (C=O) groups is 1. The number of nitrogens with zero attached hydrogens (tertiary/aromatic N) is 2. The van der Waals surface area contributed by atoms with Gasteiger partial charge in [-0.2, -0.15) is 5.26 Å². The molecule has 100 valence electrons. The Balaban J connectivity index is 2.48. The van der Waals surface area contributed by atoms with Crippen molar-refractivity contribution < 1.29 is 9.90 Å². The molecule has 0 unspecified atom stereocenters. The predicted molar refractivity (Wildman–Crippen MR) is 79.2 cm³/mol. The lowest BCUT2D eigenvalue weighted by molar-refractivity contribution is 0.0693. The van der Waals surface area contributed by atoms with Crippen molar-refractivity contribution >= 4 is 45.3 Å². The summed E-state index contributed by atoms with van der Waals surface area (Å²) in [5, 5.41) is 18.7. The molecule has 2 rings (SSSR count). The van der Waals surface area contributed by atoms with Crippen molar-refractivity contribution in [3.05, 3.63) is 51.1 Å². The van der Waals surface area contributed by atoms with Crippen molar-refractivity contribution in [1.29, 1.82) is 5.26 Å². The summed E-state index contributed by atoms with van der Waals surface area (Å²) >= 11 is 10.5. The van der Waals surface area contributed by atoms with Gasteiger partial charge in [0.15, 0.2) is 0 Å². The second-order valence-electron chi connectivity index (χ2n) is 3.64. The lowest BCUT2D eigenvalue weighted by Gasteiger charge is -2.07. The number of carboxylic acids is 1. The highest BCUT2D eigenvalue weighted by Crippen LogP contribution is 2.36. The molecule has 0 spiro atoms. The second-order valence-corrected chi connectivity index (χ2v) is 5.96. The first-order chi connectivity index (χ1) is 9.52. The molecule has 1 N–H and O–H groups in total. The summed E-state index contributed by atoms with van der Waals surface area (Å²) in [5.74, 6) is -1.03. The average molecular weight is 370 g/mol. The van der Waals surface area contributed by atoms with E-state index in [4.69, 9.17) is 16.9 Å². The number of carboxylic acid groups (broad SMARTS) is 1. The van der Waals surface area contributed by atoms with Crippen molar-refractivity contribution in [3.63, 3.8) is 0 Å². The molecule has 1 heterocycles. The van der Waals surface area contributed by atoms with Gasteiger partial charge in [-0.25, -0.2) is 9.78 Å². The summed E-state index contributed by atoms with van der Waals surface area (Å²) in [6.07, 6.45) is 1.46. The van der Waals surface area contributed by atoms with Crippen LogP contribution in [0.3, 0.4) is 0 Å². The van der Waals surface area contributed by atoms with E-state index < -0.39 is 5.97 Å². The Morgan fingerprint density at radius 2 is 2.20 bits per heavy atom. The predicted octanol–water partition coefficient (Wildman–Crippen LogP) is 4.22. The Hall–Kier alpha value is -1.55. The van der Waals surface area contributed by atoms with E-state index in [9.17, 15) is 9.90 Å². The maximum atomic E-state index is 11.2. The third-order valence-corrected chi connectivity index (χ3v) is 4.41. The Bertz CT molecular complexity index is 731. The zero-order chi connectivity index (χ0) is 14.7. The maximum absolute atomic E-state index is 11.2. The van der Waals surface area contributed by atoms with Gasteiger partial charge in [0.2, 0.25) is 0 Å². The number of aromatic nitrogens is 1. The number of rotatable bonds is 3. The number of halogens is 2. The minimum atomic E-state index is -1.03. The van der Waals surface area contributed by atoms with Crippen molar-refractivity contribution in [2.75, 3.05) is 0 Å². The highest BCUT2D eigenvalue weighted by Gasteiger charge is 2.15. The minimum absolute atomic E-state index is 0.151. The van der Waals surface area contributed by atoms with Gasteiger partial charge in [-0.1, -0.05) is 39.3 Å². The van der Waals surface area contributed by atoms with Gasteiger partial charge in [0.1, 0.15) is 11.1 Å². The topological polar surface area (TPSA) is 74.0 Å². The molecule has 0 aliphatic carbocycles. The van der Waals surface area contributed by atoms with Crippen LogP contribution in [0.5, 0.6) is 0 Å². The quantitative estimate of drug-likeness (QED) is 0.877. The molecule has 0 saturated carbocycles. The van der Waals surface area contributed by atoms with Crippen molar-refractivity contribution in [1.82, 2.24) is 4.98 Å². The summed E-state index contributed by atoms with van der Waals surface area (Å²) in [7, 11) is 0. The molecule has 0 radical (unpaired) electrons. The molecular formula is C13H6BrClN2O2S. The molecule has 1 aromatic heterocycles. The fourth-order valence-electron chi connectivity index (χ4n) is 1.44. The van der Waals surface area contributed by atoms with Crippen LogP contribution in [0, 0.1) is 11.3 Å². The lowest BCUT2D eigenvalue weighted by Crippen LogP contribution is -1.99. The van der Waals surface area contributed by atoms with Crippen LogP contribution in [-0.2, 0) is 0 Å². The van der Waals surface area contributed by atoms with E-state index >= 15 is 0 Å². The van der Waals surface area contributed by atoms with Crippen LogP contribution in [0.1, 0.15) is 15.9 Å². The molecule has 0 bridgehead atoms. The molecule has 0 amide bonds. The van der Waals surface area contributed by atoms with E-state index in [-0.39, 0.29) is 10.6 Å². The molecule has 0 fully saturated rings. The fourth-order valence-corrected chi connectivity index (χ4v) is 3.20. The van der Waals surface area contributed by atoms with Crippen LogP contribution in [0.15, 0.2) is 44.9 Å². The smallest absolute Gasteiger partial charge is 0.336 e. The first kappa shape index (κ1) is 14.9.